The highest BCUT2D eigenvalue weighted by molar-refractivity contribution is 7.83. The van der Waals surface area contributed by atoms with E-state index in [4.69, 9.17) is 26.9 Å². The number of nitriles is 1. The Hall–Kier alpha value is -2.39. The molecule has 0 radical (unpaired) electrons. The van der Waals surface area contributed by atoms with Gasteiger partial charge in [0, 0.05) is 23.3 Å². The zero-order valence-electron chi connectivity index (χ0n) is 14.4. The first-order valence-corrected chi connectivity index (χ1v) is 9.43. The van der Waals surface area contributed by atoms with Crippen LogP contribution in [0.2, 0.25) is 5.02 Å². The molecule has 12 heteroatoms. The van der Waals surface area contributed by atoms with Crippen LogP contribution in [0.4, 0.5) is 10.1 Å². The van der Waals surface area contributed by atoms with Crippen molar-refractivity contribution in [1.29, 1.82) is 10.7 Å². The minimum atomic E-state index is -0.579. The van der Waals surface area contributed by atoms with Crippen LogP contribution in [0, 0.1) is 22.6 Å². The van der Waals surface area contributed by atoms with Crippen LogP contribution >= 0.6 is 11.6 Å². The molecule has 4 N–H and O–H groups in total. The van der Waals surface area contributed by atoms with Gasteiger partial charge in [0.2, 0.25) is 0 Å². The lowest BCUT2D eigenvalue weighted by Gasteiger charge is -2.08. The highest BCUT2D eigenvalue weighted by atomic mass is 35.5. The molecule has 0 aliphatic heterocycles. The van der Waals surface area contributed by atoms with Gasteiger partial charge in [-0.15, -0.1) is 0 Å². The lowest BCUT2D eigenvalue weighted by Crippen LogP contribution is -2.28. The van der Waals surface area contributed by atoms with Crippen molar-refractivity contribution in [2.24, 2.45) is 4.36 Å². The van der Waals surface area contributed by atoms with Gasteiger partial charge < -0.3 is 5.32 Å². The van der Waals surface area contributed by atoms with Gasteiger partial charge in [-0.3, -0.25) is 5.41 Å². The van der Waals surface area contributed by atoms with Gasteiger partial charge in [-0.2, -0.15) is 5.26 Å². The molecule has 1 atom stereocenters. The summed E-state index contributed by atoms with van der Waals surface area (Å²) in [6, 6.07) is 6.02. The van der Waals surface area contributed by atoms with Crippen LogP contribution in [-0.2, 0) is 17.5 Å². The summed E-state index contributed by atoms with van der Waals surface area (Å²) >= 11 is 5.16. The number of amidine groups is 1. The average Bonchev–Trinajstić information content (AvgIpc) is 3.13. The number of hydrogen-bond donors (Lipinski definition) is 4. The van der Waals surface area contributed by atoms with E-state index in [0.29, 0.717) is 30.8 Å². The second-order valence-electron chi connectivity index (χ2n) is 5.12. The molecule has 2 aromatic rings. The molecule has 144 valence electrons. The smallest absolute Gasteiger partial charge is 0.172 e. The Labute approximate surface area is 163 Å². The number of aryl methyl sites for hydroxylation is 1. The SMILES string of the molecule is CN/S(=N/CC#N)NCCCc1nonc1C(=N)Nc1ccc(F)c(Cl)c1. The predicted molar refractivity (Wildman–Crippen MR) is 102 cm³/mol. The quantitative estimate of drug-likeness (QED) is 0.214. The summed E-state index contributed by atoms with van der Waals surface area (Å²) in [7, 11) is 1.76. The molecular formula is C15H18ClFN8OS. The Morgan fingerprint density at radius 3 is 3.00 bits per heavy atom. The molecule has 27 heavy (non-hydrogen) atoms. The van der Waals surface area contributed by atoms with Gasteiger partial charge in [0.25, 0.3) is 0 Å². The second kappa shape index (κ2) is 10.7. The molecule has 2 rings (SSSR count). The van der Waals surface area contributed by atoms with E-state index in [1.807, 2.05) is 6.07 Å². The number of nitrogens with one attached hydrogen (secondary N) is 4. The fourth-order valence-electron chi connectivity index (χ4n) is 2.04. The van der Waals surface area contributed by atoms with Crippen LogP contribution in [0.25, 0.3) is 0 Å². The highest BCUT2D eigenvalue weighted by Crippen LogP contribution is 2.20. The van der Waals surface area contributed by atoms with Crippen LogP contribution in [0.1, 0.15) is 17.8 Å². The molecule has 0 aliphatic rings. The first-order chi connectivity index (χ1) is 13.0. The van der Waals surface area contributed by atoms with Crippen LogP contribution < -0.4 is 14.8 Å². The summed E-state index contributed by atoms with van der Waals surface area (Å²) in [4.78, 5) is 0. The van der Waals surface area contributed by atoms with Crippen molar-refractivity contribution in [2.75, 3.05) is 25.5 Å². The Morgan fingerprint density at radius 1 is 1.48 bits per heavy atom. The standard InChI is InChI=1S/C15H18ClFN8OS/c1-20-27(22-8-6-18)21-7-2-3-13-14(25-26-24-13)15(19)23-10-4-5-12(17)11(16)9-10/h4-5,9H,2-3,7-8H2,1H3,(H2,19,23)(H2,20,21,22). The van der Waals surface area contributed by atoms with Crippen molar-refractivity contribution in [1.82, 2.24) is 19.8 Å². The molecular weight excluding hydrogens is 395 g/mol. The molecule has 1 aromatic heterocycles. The third kappa shape index (κ3) is 6.37. The number of benzene rings is 1. The maximum atomic E-state index is 13.2. The van der Waals surface area contributed by atoms with E-state index in [1.54, 1.807) is 7.05 Å². The Kier molecular flexibility index (Phi) is 8.28. The first kappa shape index (κ1) is 20.9. The van der Waals surface area contributed by atoms with Gasteiger partial charge in [0.1, 0.15) is 18.1 Å². The molecule has 0 saturated heterocycles. The van der Waals surface area contributed by atoms with Crippen molar-refractivity contribution >= 4 is 34.2 Å². The summed E-state index contributed by atoms with van der Waals surface area (Å²) in [6.07, 6.45) is 1.23. The maximum absolute atomic E-state index is 13.2. The van der Waals surface area contributed by atoms with Crippen molar-refractivity contribution in [3.05, 3.63) is 40.4 Å². The van der Waals surface area contributed by atoms with Crippen LogP contribution in [0.3, 0.4) is 0 Å². The molecule has 0 bridgehead atoms. The minimum Gasteiger partial charge on any atom is -0.339 e. The Bertz CT molecular complexity index is 866. The van der Waals surface area contributed by atoms with Crippen molar-refractivity contribution in [2.45, 2.75) is 12.8 Å². The summed E-state index contributed by atoms with van der Waals surface area (Å²) in [5.74, 6) is -0.562. The second-order valence-corrected chi connectivity index (χ2v) is 7.05. The monoisotopic (exact) mass is 412 g/mol. The third-order valence-corrected chi connectivity index (χ3v) is 4.81. The van der Waals surface area contributed by atoms with E-state index in [-0.39, 0.29) is 23.1 Å². The molecule has 1 heterocycles. The molecule has 0 saturated carbocycles. The van der Waals surface area contributed by atoms with Gasteiger partial charge >= 0.3 is 0 Å². The predicted octanol–water partition coefficient (Wildman–Crippen LogP) is 2.20. The zero-order chi connectivity index (χ0) is 19.6. The molecule has 0 amide bonds. The van der Waals surface area contributed by atoms with E-state index in [1.165, 1.54) is 18.2 Å². The normalized spacial score (nSPS) is 11.9. The van der Waals surface area contributed by atoms with Gasteiger partial charge in [-0.25, -0.2) is 22.8 Å². The summed E-state index contributed by atoms with van der Waals surface area (Å²) in [5.41, 5.74) is 1.26. The van der Waals surface area contributed by atoms with Gasteiger partial charge in [-0.1, -0.05) is 16.8 Å². The van der Waals surface area contributed by atoms with Crippen LogP contribution in [0.15, 0.2) is 27.2 Å². The summed E-state index contributed by atoms with van der Waals surface area (Å²) in [6.45, 7) is 0.740. The summed E-state index contributed by atoms with van der Waals surface area (Å²) < 4.78 is 28.2. The Balaban J connectivity index is 1.90. The summed E-state index contributed by atoms with van der Waals surface area (Å²) in [5, 5.41) is 27.0. The maximum Gasteiger partial charge on any atom is 0.172 e. The topological polar surface area (TPSA) is 135 Å². The number of halogens is 2. The van der Waals surface area contributed by atoms with Crippen molar-refractivity contribution in [3.8, 4) is 6.07 Å². The molecule has 0 aliphatic carbocycles. The molecule has 9 nitrogen and oxygen atoms in total. The largest absolute Gasteiger partial charge is 0.339 e. The van der Waals surface area contributed by atoms with Crippen molar-refractivity contribution < 1.29 is 9.02 Å². The van der Waals surface area contributed by atoms with E-state index in [9.17, 15) is 4.39 Å². The number of anilines is 1. The van der Waals surface area contributed by atoms with Crippen LogP contribution in [0.5, 0.6) is 0 Å². The first-order valence-electron chi connectivity index (χ1n) is 7.87. The zero-order valence-corrected chi connectivity index (χ0v) is 16.0. The van der Waals surface area contributed by atoms with Crippen molar-refractivity contribution in [3.63, 3.8) is 0 Å². The fourth-order valence-corrected chi connectivity index (χ4v) is 3.11. The lowest BCUT2D eigenvalue weighted by atomic mass is 10.2. The van der Waals surface area contributed by atoms with E-state index in [2.05, 4.69) is 29.4 Å². The van der Waals surface area contributed by atoms with E-state index >= 15 is 0 Å². The molecule has 0 spiro atoms. The number of aromatic nitrogens is 2. The average molecular weight is 413 g/mol. The minimum absolute atomic E-state index is 0.0270. The molecule has 1 unspecified atom stereocenters. The number of nitrogens with zero attached hydrogens (tertiary/aromatic N) is 4. The third-order valence-electron chi connectivity index (χ3n) is 3.27. The molecule has 1 aromatic carbocycles. The van der Waals surface area contributed by atoms with E-state index in [0.717, 1.165) is 0 Å². The molecule has 0 fully saturated rings. The van der Waals surface area contributed by atoms with Gasteiger partial charge in [-0.05, 0) is 43.2 Å². The number of rotatable bonds is 9. The van der Waals surface area contributed by atoms with Gasteiger partial charge in [0.05, 0.1) is 11.1 Å². The van der Waals surface area contributed by atoms with Crippen LogP contribution in [-0.4, -0.2) is 36.3 Å². The Morgan fingerprint density at radius 2 is 2.30 bits per heavy atom. The number of hydrogen-bond acceptors (Lipinski definition) is 6. The highest BCUT2D eigenvalue weighted by Gasteiger charge is 2.15. The fraction of sp³-hybridized carbons (Fsp3) is 0.333. The van der Waals surface area contributed by atoms with E-state index < -0.39 is 16.9 Å². The van der Waals surface area contributed by atoms with Gasteiger partial charge in [0.15, 0.2) is 11.5 Å². The lowest BCUT2D eigenvalue weighted by molar-refractivity contribution is 0.302.